The fourth-order valence-corrected chi connectivity index (χ4v) is 0.772. The van der Waals surface area contributed by atoms with Gasteiger partial charge in [0.15, 0.2) is 11.6 Å². The Bertz CT molecular complexity index is 258. The first kappa shape index (κ1) is 8.14. The Labute approximate surface area is 63.3 Å². The second kappa shape index (κ2) is 2.96. The highest BCUT2D eigenvalue weighted by molar-refractivity contribution is 5.19. The number of halogens is 2. The number of hydrogen-bond donors (Lipinski definition) is 1. The zero-order valence-electron chi connectivity index (χ0n) is 6.01. The molecule has 0 spiro atoms. The topological polar surface area (TPSA) is 20.2 Å². The Morgan fingerprint density at radius 3 is 2.36 bits per heavy atom. The van der Waals surface area contributed by atoms with E-state index in [1.807, 2.05) is 0 Å². The lowest BCUT2D eigenvalue weighted by Crippen LogP contribution is -1.93. The zero-order chi connectivity index (χ0) is 8.43. The molecule has 3 heteroatoms. The average Bonchev–Trinajstić information content (AvgIpc) is 1.94. The largest absolute Gasteiger partial charge is 0.389 e. The summed E-state index contributed by atoms with van der Waals surface area (Å²) in [5, 5.41) is 8.95. The Kier molecular flexibility index (Phi) is 2.19. The van der Waals surface area contributed by atoms with Gasteiger partial charge >= 0.3 is 0 Å². The molecule has 1 aromatic rings. The summed E-state index contributed by atoms with van der Waals surface area (Å²) in [5.74, 6) is -1.82. The van der Waals surface area contributed by atoms with Crippen molar-refractivity contribution >= 4 is 0 Å². The van der Waals surface area contributed by atoms with Crippen LogP contribution in [0.2, 0.25) is 0 Å². The van der Waals surface area contributed by atoms with Gasteiger partial charge in [0.25, 0.3) is 0 Å². The van der Waals surface area contributed by atoms with Gasteiger partial charge < -0.3 is 5.11 Å². The van der Waals surface area contributed by atoms with E-state index in [4.69, 9.17) is 5.11 Å². The van der Waals surface area contributed by atoms with Crippen LogP contribution in [0.4, 0.5) is 8.78 Å². The summed E-state index contributed by atoms with van der Waals surface area (Å²) < 4.78 is 24.8. The maximum atomic E-state index is 12.5. The Morgan fingerprint density at radius 1 is 1.27 bits per heavy atom. The molecule has 0 aliphatic rings. The van der Waals surface area contributed by atoms with E-state index in [0.29, 0.717) is 5.56 Å². The average molecular weight is 158 g/mol. The van der Waals surface area contributed by atoms with Crippen molar-refractivity contribution in [2.45, 2.75) is 13.0 Å². The summed E-state index contributed by atoms with van der Waals surface area (Å²) >= 11 is 0. The van der Waals surface area contributed by atoms with Crippen LogP contribution < -0.4 is 0 Å². The van der Waals surface area contributed by atoms with Gasteiger partial charge in [-0.15, -0.1) is 0 Å². The second-order valence-electron chi connectivity index (χ2n) is 2.35. The van der Waals surface area contributed by atoms with Gasteiger partial charge in [0.2, 0.25) is 0 Å². The fourth-order valence-electron chi connectivity index (χ4n) is 0.772. The highest BCUT2D eigenvalue weighted by Gasteiger charge is 2.05. The number of benzene rings is 1. The molecule has 1 atom stereocenters. The van der Waals surface area contributed by atoms with E-state index < -0.39 is 17.7 Å². The molecule has 60 valence electrons. The smallest absolute Gasteiger partial charge is 0.159 e. The van der Waals surface area contributed by atoms with Gasteiger partial charge in [-0.05, 0) is 24.6 Å². The highest BCUT2D eigenvalue weighted by Crippen LogP contribution is 2.14. The van der Waals surface area contributed by atoms with Gasteiger partial charge in [0.05, 0.1) is 6.10 Å². The molecule has 0 heterocycles. The fraction of sp³-hybridized carbons (Fsp3) is 0.250. The van der Waals surface area contributed by atoms with Gasteiger partial charge in [-0.2, -0.15) is 0 Å². The summed E-state index contributed by atoms with van der Waals surface area (Å²) in [4.78, 5) is 0. The van der Waals surface area contributed by atoms with Crippen LogP contribution in [0.1, 0.15) is 18.6 Å². The standard InChI is InChI=1S/C8H8F2O/c1-5(11)6-2-3-7(9)8(10)4-6/h2-5,11H,1H3/t5-/m0/s1. The lowest BCUT2D eigenvalue weighted by atomic mass is 10.1. The van der Waals surface area contributed by atoms with Crippen LogP contribution >= 0.6 is 0 Å². The van der Waals surface area contributed by atoms with E-state index in [1.165, 1.54) is 13.0 Å². The van der Waals surface area contributed by atoms with E-state index in [0.717, 1.165) is 12.1 Å². The second-order valence-corrected chi connectivity index (χ2v) is 2.35. The SMILES string of the molecule is C[C@H](O)c1ccc(F)c(F)c1. The third-order valence-electron chi connectivity index (χ3n) is 1.43. The Balaban J connectivity index is 3.05. The Morgan fingerprint density at radius 2 is 1.91 bits per heavy atom. The summed E-state index contributed by atoms with van der Waals surface area (Å²) in [6.07, 6.45) is -0.759. The van der Waals surface area contributed by atoms with Crippen LogP contribution in [-0.4, -0.2) is 5.11 Å². The van der Waals surface area contributed by atoms with Crippen LogP contribution in [-0.2, 0) is 0 Å². The van der Waals surface area contributed by atoms with Crippen molar-refractivity contribution in [1.29, 1.82) is 0 Å². The molecule has 0 fully saturated rings. The number of rotatable bonds is 1. The highest BCUT2D eigenvalue weighted by atomic mass is 19.2. The van der Waals surface area contributed by atoms with Gasteiger partial charge in [0.1, 0.15) is 0 Å². The molecule has 0 saturated carbocycles. The third kappa shape index (κ3) is 1.74. The normalized spacial score (nSPS) is 13.1. The molecular formula is C8H8F2O. The van der Waals surface area contributed by atoms with E-state index in [9.17, 15) is 8.78 Å². The maximum Gasteiger partial charge on any atom is 0.159 e. The Hall–Kier alpha value is -0.960. The molecule has 1 nitrogen and oxygen atoms in total. The van der Waals surface area contributed by atoms with Gasteiger partial charge in [-0.25, -0.2) is 8.78 Å². The van der Waals surface area contributed by atoms with Crippen molar-refractivity contribution in [1.82, 2.24) is 0 Å². The van der Waals surface area contributed by atoms with Crippen molar-refractivity contribution < 1.29 is 13.9 Å². The van der Waals surface area contributed by atoms with Crippen LogP contribution in [0.25, 0.3) is 0 Å². The quantitative estimate of drug-likeness (QED) is 0.662. The van der Waals surface area contributed by atoms with Gasteiger partial charge in [-0.3, -0.25) is 0 Å². The van der Waals surface area contributed by atoms with Crippen molar-refractivity contribution in [2.24, 2.45) is 0 Å². The number of aliphatic hydroxyl groups is 1. The number of aliphatic hydroxyl groups excluding tert-OH is 1. The molecule has 0 saturated heterocycles. The van der Waals surface area contributed by atoms with E-state index >= 15 is 0 Å². The maximum absolute atomic E-state index is 12.5. The minimum atomic E-state index is -0.927. The molecule has 0 aromatic heterocycles. The van der Waals surface area contributed by atoms with Gasteiger partial charge in [0, 0.05) is 0 Å². The molecule has 0 radical (unpaired) electrons. The van der Waals surface area contributed by atoms with E-state index in [1.54, 1.807) is 0 Å². The van der Waals surface area contributed by atoms with Crippen LogP contribution in [0, 0.1) is 11.6 Å². The molecular weight excluding hydrogens is 150 g/mol. The summed E-state index contributed by atoms with van der Waals surface area (Å²) in [6.45, 7) is 1.49. The molecule has 1 rings (SSSR count). The molecule has 1 aromatic carbocycles. The van der Waals surface area contributed by atoms with Crippen molar-refractivity contribution in [3.8, 4) is 0 Å². The molecule has 11 heavy (non-hydrogen) atoms. The minimum Gasteiger partial charge on any atom is -0.389 e. The minimum absolute atomic E-state index is 0.379. The first-order valence-electron chi connectivity index (χ1n) is 3.24. The summed E-state index contributed by atoms with van der Waals surface area (Å²) in [7, 11) is 0. The predicted molar refractivity (Wildman–Crippen MR) is 37.0 cm³/mol. The monoisotopic (exact) mass is 158 g/mol. The van der Waals surface area contributed by atoms with Crippen LogP contribution in [0.15, 0.2) is 18.2 Å². The summed E-state index contributed by atoms with van der Waals surface area (Å²) in [5.41, 5.74) is 0.379. The van der Waals surface area contributed by atoms with Crippen LogP contribution in [0.5, 0.6) is 0 Å². The van der Waals surface area contributed by atoms with Crippen LogP contribution in [0.3, 0.4) is 0 Å². The first-order valence-corrected chi connectivity index (χ1v) is 3.24. The molecule has 0 unspecified atom stereocenters. The molecule has 0 aliphatic heterocycles. The molecule has 0 aliphatic carbocycles. The summed E-state index contributed by atoms with van der Waals surface area (Å²) in [6, 6.07) is 3.33. The third-order valence-corrected chi connectivity index (χ3v) is 1.43. The molecule has 0 amide bonds. The van der Waals surface area contributed by atoms with E-state index in [-0.39, 0.29) is 0 Å². The van der Waals surface area contributed by atoms with Crippen molar-refractivity contribution in [2.75, 3.05) is 0 Å². The molecule has 1 N–H and O–H groups in total. The van der Waals surface area contributed by atoms with Crippen molar-refractivity contribution in [3.05, 3.63) is 35.4 Å². The van der Waals surface area contributed by atoms with E-state index in [2.05, 4.69) is 0 Å². The molecule has 0 bridgehead atoms. The lowest BCUT2D eigenvalue weighted by molar-refractivity contribution is 0.198. The zero-order valence-corrected chi connectivity index (χ0v) is 6.01. The predicted octanol–water partition coefficient (Wildman–Crippen LogP) is 2.02. The lowest BCUT2D eigenvalue weighted by Gasteiger charge is -2.03. The number of hydrogen-bond acceptors (Lipinski definition) is 1. The van der Waals surface area contributed by atoms with Gasteiger partial charge in [-0.1, -0.05) is 6.07 Å². The van der Waals surface area contributed by atoms with Crippen molar-refractivity contribution in [3.63, 3.8) is 0 Å². The first-order chi connectivity index (χ1) is 5.11.